The third-order valence-electron chi connectivity index (χ3n) is 2.88. The van der Waals surface area contributed by atoms with Gasteiger partial charge in [0.2, 0.25) is 11.8 Å². The van der Waals surface area contributed by atoms with E-state index in [9.17, 15) is 4.39 Å². The number of hydrogen-bond acceptors (Lipinski definition) is 5. The van der Waals surface area contributed by atoms with Crippen molar-refractivity contribution in [1.82, 2.24) is 9.97 Å². The van der Waals surface area contributed by atoms with Gasteiger partial charge < -0.3 is 10.5 Å². The van der Waals surface area contributed by atoms with E-state index < -0.39 is 5.82 Å². The maximum absolute atomic E-state index is 13.6. The largest absolute Gasteiger partial charge is 0.438 e. The van der Waals surface area contributed by atoms with Crippen LogP contribution in [-0.4, -0.2) is 9.97 Å². The molecule has 0 atom stereocenters. The van der Waals surface area contributed by atoms with E-state index in [1.54, 1.807) is 23.5 Å². The molecule has 21 heavy (non-hydrogen) atoms. The van der Waals surface area contributed by atoms with Crippen LogP contribution in [0.1, 0.15) is 11.8 Å². The van der Waals surface area contributed by atoms with Crippen molar-refractivity contribution >= 4 is 43.4 Å². The standard InChI is InChI=1S/C14H11BrFN3OS/c1-2-8-6-9-12(18-14(17)19-13(9)21-8)20-7-3-4-10(15)11(16)5-7/h3-6H,2H2,1H3,(H2,17,18,19). The van der Waals surface area contributed by atoms with E-state index in [-0.39, 0.29) is 5.95 Å². The predicted molar refractivity (Wildman–Crippen MR) is 85.4 cm³/mol. The molecule has 108 valence electrons. The SMILES string of the molecule is CCc1cc2c(Oc3ccc(Br)c(F)c3)nc(N)nc2s1. The van der Waals surface area contributed by atoms with Crippen LogP contribution >= 0.6 is 27.3 Å². The second kappa shape index (κ2) is 5.57. The maximum atomic E-state index is 13.6. The van der Waals surface area contributed by atoms with E-state index in [1.165, 1.54) is 6.07 Å². The van der Waals surface area contributed by atoms with Crippen LogP contribution in [0.4, 0.5) is 10.3 Å². The van der Waals surface area contributed by atoms with E-state index in [4.69, 9.17) is 10.5 Å². The number of nitrogens with zero attached hydrogens (tertiary/aromatic N) is 2. The first-order valence-corrected chi connectivity index (χ1v) is 7.86. The molecule has 3 rings (SSSR count). The first kappa shape index (κ1) is 14.2. The molecule has 0 fully saturated rings. The van der Waals surface area contributed by atoms with Crippen molar-refractivity contribution in [3.8, 4) is 11.6 Å². The lowest BCUT2D eigenvalue weighted by Crippen LogP contribution is -1.97. The molecule has 0 bridgehead atoms. The maximum Gasteiger partial charge on any atom is 0.232 e. The molecule has 0 aliphatic rings. The van der Waals surface area contributed by atoms with Gasteiger partial charge in [-0.05, 0) is 40.5 Å². The van der Waals surface area contributed by atoms with Crippen LogP contribution in [0.3, 0.4) is 0 Å². The van der Waals surface area contributed by atoms with Crippen LogP contribution in [0.25, 0.3) is 10.2 Å². The number of halogens is 2. The monoisotopic (exact) mass is 367 g/mol. The second-order valence-electron chi connectivity index (χ2n) is 4.35. The van der Waals surface area contributed by atoms with Crippen LogP contribution in [-0.2, 0) is 6.42 Å². The fourth-order valence-electron chi connectivity index (χ4n) is 1.86. The van der Waals surface area contributed by atoms with Crippen LogP contribution < -0.4 is 10.5 Å². The Hall–Kier alpha value is -1.73. The fraction of sp³-hybridized carbons (Fsp3) is 0.143. The minimum absolute atomic E-state index is 0.139. The molecule has 0 saturated heterocycles. The molecule has 4 nitrogen and oxygen atoms in total. The molecule has 7 heteroatoms. The first-order chi connectivity index (χ1) is 10.1. The van der Waals surface area contributed by atoms with E-state index in [0.717, 1.165) is 21.5 Å². The minimum Gasteiger partial charge on any atom is -0.438 e. The number of aromatic nitrogens is 2. The number of nitrogens with two attached hydrogens (primary N) is 1. The second-order valence-corrected chi connectivity index (χ2v) is 6.32. The summed E-state index contributed by atoms with van der Waals surface area (Å²) in [6.07, 6.45) is 0.896. The molecule has 0 aliphatic carbocycles. The highest BCUT2D eigenvalue weighted by Crippen LogP contribution is 2.34. The molecular formula is C14H11BrFN3OS. The molecule has 0 radical (unpaired) electrons. The van der Waals surface area contributed by atoms with Gasteiger partial charge in [0.05, 0.1) is 9.86 Å². The van der Waals surface area contributed by atoms with Gasteiger partial charge in [0.25, 0.3) is 0 Å². The molecular weight excluding hydrogens is 357 g/mol. The minimum atomic E-state index is -0.398. The summed E-state index contributed by atoms with van der Waals surface area (Å²) in [7, 11) is 0. The summed E-state index contributed by atoms with van der Waals surface area (Å²) in [5.41, 5.74) is 5.71. The highest BCUT2D eigenvalue weighted by molar-refractivity contribution is 9.10. The van der Waals surface area contributed by atoms with Gasteiger partial charge in [0.1, 0.15) is 16.4 Å². The van der Waals surface area contributed by atoms with Crippen molar-refractivity contribution in [3.63, 3.8) is 0 Å². The van der Waals surface area contributed by atoms with Gasteiger partial charge in [0.15, 0.2) is 0 Å². The summed E-state index contributed by atoms with van der Waals surface area (Å²) in [5.74, 6) is 0.444. The zero-order valence-electron chi connectivity index (χ0n) is 11.1. The Morgan fingerprint density at radius 1 is 1.33 bits per heavy atom. The summed E-state index contributed by atoms with van der Waals surface area (Å²) in [5, 5.41) is 0.786. The van der Waals surface area contributed by atoms with Crippen LogP contribution in [0.5, 0.6) is 11.6 Å². The lowest BCUT2D eigenvalue weighted by atomic mass is 10.3. The molecule has 0 spiro atoms. The number of anilines is 1. The van der Waals surface area contributed by atoms with Crippen LogP contribution in [0.2, 0.25) is 0 Å². The number of benzene rings is 1. The van der Waals surface area contributed by atoms with Crippen molar-refractivity contribution in [2.75, 3.05) is 5.73 Å². The van der Waals surface area contributed by atoms with Gasteiger partial charge in [-0.15, -0.1) is 11.3 Å². The smallest absolute Gasteiger partial charge is 0.232 e. The molecule has 0 amide bonds. The first-order valence-electron chi connectivity index (χ1n) is 6.25. The van der Waals surface area contributed by atoms with Crippen molar-refractivity contribution in [3.05, 3.63) is 39.4 Å². The van der Waals surface area contributed by atoms with Crippen LogP contribution in [0, 0.1) is 5.82 Å². The molecule has 2 heterocycles. The Labute approximate surface area is 132 Å². The molecule has 3 aromatic rings. The van der Waals surface area contributed by atoms with E-state index in [2.05, 4.69) is 32.8 Å². The number of hydrogen-bond donors (Lipinski definition) is 1. The topological polar surface area (TPSA) is 61.0 Å². The Kier molecular flexibility index (Phi) is 3.77. The molecule has 1 aromatic carbocycles. The number of nitrogen functional groups attached to an aromatic ring is 1. The Balaban J connectivity index is 2.06. The number of rotatable bonds is 3. The average Bonchev–Trinajstić information content (AvgIpc) is 2.86. The fourth-order valence-corrected chi connectivity index (χ4v) is 3.08. The van der Waals surface area contributed by atoms with Crippen LogP contribution in [0.15, 0.2) is 28.7 Å². The predicted octanol–water partition coefficient (Wildman–Crippen LogP) is 4.53. The van der Waals surface area contributed by atoms with Gasteiger partial charge in [-0.25, -0.2) is 9.37 Å². The van der Waals surface area contributed by atoms with E-state index in [0.29, 0.717) is 16.1 Å². The van der Waals surface area contributed by atoms with Gasteiger partial charge in [-0.2, -0.15) is 4.98 Å². The molecule has 2 N–H and O–H groups in total. The summed E-state index contributed by atoms with van der Waals surface area (Å²) >= 11 is 4.65. The van der Waals surface area contributed by atoms with Gasteiger partial charge in [-0.1, -0.05) is 6.92 Å². The summed E-state index contributed by atoms with van der Waals surface area (Å²) in [6.45, 7) is 2.06. The van der Waals surface area contributed by atoms with E-state index >= 15 is 0 Å². The van der Waals surface area contributed by atoms with Gasteiger partial charge >= 0.3 is 0 Å². The van der Waals surface area contributed by atoms with Crippen molar-refractivity contribution in [2.45, 2.75) is 13.3 Å². The van der Waals surface area contributed by atoms with Crippen molar-refractivity contribution in [1.29, 1.82) is 0 Å². The average molecular weight is 368 g/mol. The highest BCUT2D eigenvalue weighted by atomic mass is 79.9. The molecule has 0 aliphatic heterocycles. The molecule has 2 aromatic heterocycles. The Bertz CT molecular complexity index is 821. The quantitative estimate of drug-likeness (QED) is 0.738. The summed E-state index contributed by atoms with van der Waals surface area (Å²) in [4.78, 5) is 10.2. The lowest BCUT2D eigenvalue weighted by Gasteiger charge is -2.07. The van der Waals surface area contributed by atoms with Gasteiger partial charge in [-0.3, -0.25) is 0 Å². The number of thiophene rings is 1. The Morgan fingerprint density at radius 3 is 2.86 bits per heavy atom. The molecule has 0 unspecified atom stereocenters. The molecule has 0 saturated carbocycles. The van der Waals surface area contributed by atoms with Crippen molar-refractivity contribution in [2.24, 2.45) is 0 Å². The number of ether oxygens (including phenoxy) is 1. The highest BCUT2D eigenvalue weighted by Gasteiger charge is 2.13. The third-order valence-corrected chi connectivity index (χ3v) is 4.70. The summed E-state index contributed by atoms with van der Waals surface area (Å²) < 4.78 is 19.6. The summed E-state index contributed by atoms with van der Waals surface area (Å²) in [6, 6.07) is 6.51. The Morgan fingerprint density at radius 2 is 2.14 bits per heavy atom. The number of aryl methyl sites for hydroxylation is 1. The zero-order valence-corrected chi connectivity index (χ0v) is 13.5. The van der Waals surface area contributed by atoms with Gasteiger partial charge in [0, 0.05) is 10.9 Å². The zero-order chi connectivity index (χ0) is 15.0. The van der Waals surface area contributed by atoms with Crippen molar-refractivity contribution < 1.29 is 9.13 Å². The van der Waals surface area contributed by atoms with E-state index in [1.807, 2.05) is 6.07 Å². The third kappa shape index (κ3) is 2.84. The normalized spacial score (nSPS) is 11.0. The number of fused-ring (bicyclic) bond motifs is 1. The lowest BCUT2D eigenvalue weighted by molar-refractivity contribution is 0.463.